The molecule has 1 fully saturated rings. The van der Waals surface area contributed by atoms with E-state index in [4.69, 9.17) is 9.57 Å². The largest absolute Gasteiger partial charge is 0.444 e. The second-order valence-electron chi connectivity index (χ2n) is 8.80. The third-order valence-electron chi connectivity index (χ3n) is 5.21. The summed E-state index contributed by atoms with van der Waals surface area (Å²) < 4.78 is 5.27. The van der Waals surface area contributed by atoms with Crippen LogP contribution in [0.2, 0.25) is 0 Å². The van der Waals surface area contributed by atoms with E-state index in [-0.39, 0.29) is 17.0 Å². The standard InChI is InChI=1S/C22H28N2O6/c1-22(2,3)29-21(28)23-17(13-14-9-5-4-6-10-14)20(27)30-24-18(25)15-11-7-8-12-16(15)19(24)26/h7-8,11-12,14,17H,4-6,9-10,13H2,1-3H3,(H,23,28)/t17-/m0/s1. The molecule has 8 heteroatoms. The fourth-order valence-corrected chi connectivity index (χ4v) is 3.82. The maximum atomic E-state index is 12.9. The van der Waals surface area contributed by atoms with Crippen molar-refractivity contribution < 1.29 is 28.8 Å². The van der Waals surface area contributed by atoms with E-state index in [0.29, 0.717) is 11.5 Å². The number of carbonyl (C=O) groups is 4. The van der Waals surface area contributed by atoms with Gasteiger partial charge < -0.3 is 14.9 Å². The lowest BCUT2D eigenvalue weighted by molar-refractivity contribution is -0.171. The molecule has 1 heterocycles. The van der Waals surface area contributed by atoms with Crippen molar-refractivity contribution in [2.75, 3.05) is 0 Å². The summed E-state index contributed by atoms with van der Waals surface area (Å²) in [6.45, 7) is 5.17. The van der Waals surface area contributed by atoms with Gasteiger partial charge in [0.1, 0.15) is 11.6 Å². The molecule has 0 unspecified atom stereocenters. The van der Waals surface area contributed by atoms with Crippen LogP contribution in [-0.4, -0.2) is 40.6 Å². The van der Waals surface area contributed by atoms with Crippen molar-refractivity contribution in [3.63, 3.8) is 0 Å². The van der Waals surface area contributed by atoms with Gasteiger partial charge in [0.15, 0.2) is 0 Å². The molecule has 1 N–H and O–H groups in total. The highest BCUT2D eigenvalue weighted by Crippen LogP contribution is 2.28. The van der Waals surface area contributed by atoms with Crippen LogP contribution in [0.3, 0.4) is 0 Å². The molecule has 0 spiro atoms. The van der Waals surface area contributed by atoms with Gasteiger partial charge in [-0.3, -0.25) is 9.59 Å². The molecule has 2 aliphatic rings. The number of hydrogen-bond acceptors (Lipinski definition) is 6. The number of alkyl carbamates (subject to hydrolysis) is 1. The summed E-state index contributed by atoms with van der Waals surface area (Å²) in [5.41, 5.74) is -0.371. The van der Waals surface area contributed by atoms with Crippen molar-refractivity contribution in [3.05, 3.63) is 35.4 Å². The first-order chi connectivity index (χ1) is 14.2. The molecule has 0 saturated heterocycles. The molecule has 30 heavy (non-hydrogen) atoms. The van der Waals surface area contributed by atoms with Crippen molar-refractivity contribution >= 4 is 23.9 Å². The van der Waals surface area contributed by atoms with Crippen LogP contribution in [-0.2, 0) is 14.4 Å². The third-order valence-corrected chi connectivity index (χ3v) is 5.21. The molecule has 0 bridgehead atoms. The lowest BCUT2D eigenvalue weighted by atomic mass is 9.85. The van der Waals surface area contributed by atoms with Crippen LogP contribution in [0.25, 0.3) is 0 Å². The number of ether oxygens (including phenoxy) is 1. The van der Waals surface area contributed by atoms with E-state index in [1.165, 1.54) is 12.1 Å². The van der Waals surface area contributed by atoms with Crippen LogP contribution >= 0.6 is 0 Å². The lowest BCUT2D eigenvalue weighted by Crippen LogP contribution is -2.47. The van der Waals surface area contributed by atoms with Crippen LogP contribution < -0.4 is 5.32 Å². The van der Waals surface area contributed by atoms with Gasteiger partial charge in [0.2, 0.25) is 0 Å². The Morgan fingerprint density at radius 3 is 2.17 bits per heavy atom. The van der Waals surface area contributed by atoms with Gasteiger partial charge in [0, 0.05) is 0 Å². The summed E-state index contributed by atoms with van der Waals surface area (Å²) in [4.78, 5) is 55.3. The summed E-state index contributed by atoms with van der Waals surface area (Å²) in [7, 11) is 0. The van der Waals surface area contributed by atoms with E-state index < -0.39 is 35.5 Å². The number of nitrogens with one attached hydrogen (secondary N) is 1. The van der Waals surface area contributed by atoms with Crippen LogP contribution in [0, 0.1) is 5.92 Å². The smallest absolute Gasteiger partial charge is 0.408 e. The minimum atomic E-state index is -1.02. The van der Waals surface area contributed by atoms with Gasteiger partial charge in [-0.15, -0.1) is 0 Å². The Bertz CT molecular complexity index is 803. The van der Waals surface area contributed by atoms with Gasteiger partial charge in [0.05, 0.1) is 11.1 Å². The molecule has 1 aromatic carbocycles. The Labute approximate surface area is 175 Å². The fourth-order valence-electron chi connectivity index (χ4n) is 3.82. The van der Waals surface area contributed by atoms with Crippen LogP contribution in [0.5, 0.6) is 0 Å². The van der Waals surface area contributed by atoms with E-state index in [1.807, 2.05) is 0 Å². The number of amides is 3. The first-order valence-electron chi connectivity index (χ1n) is 10.3. The Morgan fingerprint density at radius 1 is 1.07 bits per heavy atom. The molecule has 8 nitrogen and oxygen atoms in total. The monoisotopic (exact) mass is 416 g/mol. The predicted molar refractivity (Wildman–Crippen MR) is 107 cm³/mol. The number of fused-ring (bicyclic) bond motifs is 1. The average molecular weight is 416 g/mol. The summed E-state index contributed by atoms with van der Waals surface area (Å²) in [6, 6.07) is 5.24. The summed E-state index contributed by atoms with van der Waals surface area (Å²) in [5.74, 6) is -2.01. The van der Waals surface area contributed by atoms with Gasteiger partial charge in [-0.05, 0) is 45.2 Å². The highest BCUT2D eigenvalue weighted by atomic mass is 16.7. The van der Waals surface area contributed by atoms with Crippen molar-refractivity contribution in [2.45, 2.75) is 70.9 Å². The molecule has 3 rings (SSSR count). The van der Waals surface area contributed by atoms with E-state index >= 15 is 0 Å². The highest BCUT2D eigenvalue weighted by molar-refractivity contribution is 6.20. The number of nitrogens with zero attached hydrogens (tertiary/aromatic N) is 1. The highest BCUT2D eigenvalue weighted by Gasteiger charge is 2.40. The van der Waals surface area contributed by atoms with E-state index in [2.05, 4.69) is 5.32 Å². The number of hydrogen-bond donors (Lipinski definition) is 1. The van der Waals surface area contributed by atoms with Crippen molar-refractivity contribution in [2.24, 2.45) is 5.92 Å². The minimum absolute atomic E-state index is 0.180. The Kier molecular flexibility index (Phi) is 6.43. The second kappa shape index (κ2) is 8.85. The van der Waals surface area contributed by atoms with Gasteiger partial charge in [-0.1, -0.05) is 49.3 Å². The zero-order chi connectivity index (χ0) is 21.9. The predicted octanol–water partition coefficient (Wildman–Crippen LogP) is 3.60. The zero-order valence-electron chi connectivity index (χ0n) is 17.6. The van der Waals surface area contributed by atoms with Gasteiger partial charge in [0.25, 0.3) is 11.8 Å². The number of imide groups is 1. The van der Waals surface area contributed by atoms with Crippen LogP contribution in [0.15, 0.2) is 24.3 Å². The molecular formula is C22H28N2O6. The third kappa shape index (κ3) is 5.17. The minimum Gasteiger partial charge on any atom is -0.444 e. The molecule has 1 aliphatic carbocycles. The van der Waals surface area contributed by atoms with E-state index in [0.717, 1.165) is 32.1 Å². The van der Waals surface area contributed by atoms with Crippen LogP contribution in [0.4, 0.5) is 4.79 Å². The molecule has 1 aliphatic heterocycles. The molecular weight excluding hydrogens is 388 g/mol. The fraction of sp³-hybridized carbons (Fsp3) is 0.545. The lowest BCUT2D eigenvalue weighted by Gasteiger charge is -2.27. The summed E-state index contributed by atoms with van der Waals surface area (Å²) in [6.07, 6.45) is 4.80. The summed E-state index contributed by atoms with van der Waals surface area (Å²) in [5, 5.41) is 3.03. The van der Waals surface area contributed by atoms with Gasteiger partial charge in [-0.2, -0.15) is 0 Å². The Morgan fingerprint density at radius 2 is 1.63 bits per heavy atom. The number of rotatable bonds is 5. The van der Waals surface area contributed by atoms with E-state index in [1.54, 1.807) is 32.9 Å². The first kappa shape index (κ1) is 21.8. The molecule has 1 atom stereocenters. The first-order valence-corrected chi connectivity index (χ1v) is 10.3. The van der Waals surface area contributed by atoms with Gasteiger partial charge in [-0.25, -0.2) is 9.59 Å². The zero-order valence-corrected chi connectivity index (χ0v) is 17.6. The second-order valence-corrected chi connectivity index (χ2v) is 8.80. The molecule has 0 radical (unpaired) electrons. The van der Waals surface area contributed by atoms with E-state index in [9.17, 15) is 19.2 Å². The number of hydroxylamine groups is 2. The molecule has 3 amide bonds. The van der Waals surface area contributed by atoms with Crippen molar-refractivity contribution in [1.82, 2.24) is 10.4 Å². The maximum absolute atomic E-state index is 12.9. The maximum Gasteiger partial charge on any atom is 0.408 e. The Hall–Kier alpha value is -2.90. The summed E-state index contributed by atoms with van der Waals surface area (Å²) >= 11 is 0. The molecule has 0 aromatic heterocycles. The molecule has 1 saturated carbocycles. The number of benzene rings is 1. The van der Waals surface area contributed by atoms with Crippen molar-refractivity contribution in [3.8, 4) is 0 Å². The number of carbonyl (C=O) groups excluding carboxylic acids is 4. The Balaban J connectivity index is 1.72. The SMILES string of the molecule is CC(C)(C)OC(=O)N[C@@H](CC1CCCCC1)C(=O)ON1C(=O)c2ccccc2C1=O. The molecule has 1 aromatic rings. The van der Waals surface area contributed by atoms with Crippen molar-refractivity contribution in [1.29, 1.82) is 0 Å². The quantitative estimate of drug-likeness (QED) is 0.736. The van der Waals surface area contributed by atoms with Crippen LogP contribution in [0.1, 0.15) is 80.0 Å². The van der Waals surface area contributed by atoms with Gasteiger partial charge >= 0.3 is 12.1 Å². The topological polar surface area (TPSA) is 102 Å². The average Bonchev–Trinajstić information content (AvgIpc) is 2.92. The molecule has 162 valence electrons. The normalized spacial score (nSPS) is 18.0.